The van der Waals surface area contributed by atoms with Crippen LogP contribution in [-0.4, -0.2) is 48.7 Å². The molecular formula is C29H28F2N4O3S. The summed E-state index contributed by atoms with van der Waals surface area (Å²) >= 11 is 0. The van der Waals surface area contributed by atoms with Gasteiger partial charge < -0.3 is 4.90 Å². The Bertz CT molecular complexity index is 1640. The van der Waals surface area contributed by atoms with Gasteiger partial charge in [0.1, 0.15) is 11.6 Å². The van der Waals surface area contributed by atoms with Gasteiger partial charge in [-0.2, -0.15) is 14.1 Å². The lowest BCUT2D eigenvalue weighted by molar-refractivity contribution is 0.384. The Morgan fingerprint density at radius 3 is 2.08 bits per heavy atom. The molecular weight excluding hydrogens is 522 g/mol. The van der Waals surface area contributed by atoms with Gasteiger partial charge in [0.25, 0.3) is 5.56 Å². The normalized spacial score (nSPS) is 14.5. The molecule has 0 N–H and O–H groups in total. The number of hydrogen-bond acceptors (Lipinski definition) is 5. The fraction of sp³-hybridized carbons (Fsp3) is 0.241. The van der Waals surface area contributed by atoms with E-state index in [1.54, 1.807) is 12.1 Å². The highest BCUT2D eigenvalue weighted by molar-refractivity contribution is 7.88. The topological polar surface area (TPSA) is 75.5 Å². The van der Waals surface area contributed by atoms with Crippen LogP contribution in [0.25, 0.3) is 16.8 Å². The van der Waals surface area contributed by atoms with Gasteiger partial charge in [0.15, 0.2) is 0 Å². The molecule has 5 rings (SSSR count). The first kappa shape index (κ1) is 26.7. The Morgan fingerprint density at radius 1 is 0.846 bits per heavy atom. The molecule has 10 heteroatoms. The first-order chi connectivity index (χ1) is 18.6. The van der Waals surface area contributed by atoms with E-state index < -0.39 is 27.2 Å². The molecule has 0 amide bonds. The first-order valence-electron chi connectivity index (χ1n) is 12.5. The van der Waals surface area contributed by atoms with E-state index >= 15 is 0 Å². The number of nitrogens with zero attached hydrogens (tertiary/aromatic N) is 4. The van der Waals surface area contributed by atoms with Crippen LogP contribution in [0.3, 0.4) is 0 Å². The van der Waals surface area contributed by atoms with Crippen LogP contribution < -0.4 is 10.5 Å². The van der Waals surface area contributed by atoms with Crippen LogP contribution in [0.15, 0.2) is 77.7 Å². The van der Waals surface area contributed by atoms with Crippen molar-refractivity contribution < 1.29 is 17.2 Å². The highest BCUT2D eigenvalue weighted by Gasteiger charge is 2.29. The Hall–Kier alpha value is -3.89. The minimum Gasteiger partial charge on any atom is -0.367 e. The predicted molar refractivity (Wildman–Crippen MR) is 148 cm³/mol. The molecule has 1 aromatic heterocycles. The third-order valence-corrected chi connectivity index (χ3v) is 8.57. The van der Waals surface area contributed by atoms with Crippen molar-refractivity contribution in [3.05, 3.63) is 112 Å². The number of sulfonamides is 1. The standard InChI is InChI=1S/C29H28F2N4O3S/c1-20-12-21(2)14-23(13-20)28-27(18-32-35(29(28)36)26-16-24(30)15-25(31)17-26)33-8-10-34(11-9-33)39(37,38)19-22-6-4-3-5-7-22/h3-7,12-18H,8-11,19H2,1-2H3. The molecule has 3 aromatic carbocycles. The number of aromatic nitrogens is 2. The fourth-order valence-electron chi connectivity index (χ4n) is 5.00. The summed E-state index contributed by atoms with van der Waals surface area (Å²) in [6.07, 6.45) is 1.51. The number of halogens is 2. The van der Waals surface area contributed by atoms with Gasteiger partial charge in [-0.05, 0) is 37.1 Å². The van der Waals surface area contributed by atoms with Crippen molar-refractivity contribution in [3.63, 3.8) is 0 Å². The van der Waals surface area contributed by atoms with E-state index in [4.69, 9.17) is 0 Å². The molecule has 1 fully saturated rings. The third kappa shape index (κ3) is 5.76. The number of anilines is 1. The van der Waals surface area contributed by atoms with E-state index in [0.29, 0.717) is 29.9 Å². The maximum atomic E-state index is 14.0. The molecule has 0 spiro atoms. The van der Waals surface area contributed by atoms with E-state index in [1.165, 1.54) is 10.5 Å². The molecule has 0 unspecified atom stereocenters. The molecule has 2 heterocycles. The molecule has 39 heavy (non-hydrogen) atoms. The minimum absolute atomic E-state index is 0.0218. The van der Waals surface area contributed by atoms with Crippen LogP contribution in [0, 0.1) is 25.5 Å². The van der Waals surface area contributed by atoms with Gasteiger partial charge in [0, 0.05) is 32.2 Å². The summed E-state index contributed by atoms with van der Waals surface area (Å²) < 4.78 is 56.5. The first-order valence-corrected chi connectivity index (χ1v) is 14.2. The van der Waals surface area contributed by atoms with E-state index in [9.17, 15) is 22.0 Å². The lowest BCUT2D eigenvalue weighted by atomic mass is 10.00. The van der Waals surface area contributed by atoms with Crippen molar-refractivity contribution in [2.45, 2.75) is 19.6 Å². The van der Waals surface area contributed by atoms with Crippen molar-refractivity contribution in [2.24, 2.45) is 0 Å². The van der Waals surface area contributed by atoms with E-state index in [2.05, 4.69) is 5.10 Å². The average molecular weight is 551 g/mol. The Labute approximate surface area is 226 Å². The van der Waals surface area contributed by atoms with Crippen LogP contribution in [-0.2, 0) is 15.8 Å². The van der Waals surface area contributed by atoms with Gasteiger partial charge in [-0.1, -0.05) is 59.7 Å². The van der Waals surface area contributed by atoms with E-state index in [-0.39, 0.29) is 24.5 Å². The third-order valence-electron chi connectivity index (χ3n) is 6.72. The van der Waals surface area contributed by atoms with Crippen molar-refractivity contribution in [2.75, 3.05) is 31.1 Å². The molecule has 1 saturated heterocycles. The minimum atomic E-state index is -3.52. The van der Waals surface area contributed by atoms with Crippen molar-refractivity contribution in [1.82, 2.24) is 14.1 Å². The monoisotopic (exact) mass is 550 g/mol. The summed E-state index contributed by atoms with van der Waals surface area (Å²) in [6, 6.07) is 17.6. The highest BCUT2D eigenvalue weighted by Crippen LogP contribution is 2.30. The van der Waals surface area contributed by atoms with Crippen LogP contribution in [0.2, 0.25) is 0 Å². The molecule has 0 radical (unpaired) electrons. The smallest absolute Gasteiger partial charge is 0.281 e. The second-order valence-electron chi connectivity index (χ2n) is 9.75. The van der Waals surface area contributed by atoms with Gasteiger partial charge in [-0.25, -0.2) is 17.2 Å². The van der Waals surface area contributed by atoms with E-state index in [1.807, 2.05) is 55.1 Å². The lowest BCUT2D eigenvalue weighted by Gasteiger charge is -2.36. The SMILES string of the molecule is Cc1cc(C)cc(-c2c(N3CCN(S(=O)(=O)Cc4ccccc4)CC3)cnn(-c3cc(F)cc(F)c3)c2=O)c1. The average Bonchev–Trinajstić information content (AvgIpc) is 2.87. The maximum Gasteiger partial charge on any atom is 0.281 e. The summed E-state index contributed by atoms with van der Waals surface area (Å²) in [4.78, 5) is 15.8. The van der Waals surface area contributed by atoms with Gasteiger partial charge >= 0.3 is 0 Å². The largest absolute Gasteiger partial charge is 0.367 e. The summed E-state index contributed by atoms with van der Waals surface area (Å²) in [7, 11) is -3.52. The summed E-state index contributed by atoms with van der Waals surface area (Å²) in [6.45, 7) is 5.05. The second-order valence-corrected chi connectivity index (χ2v) is 11.7. The Kier molecular flexibility index (Phi) is 7.33. The Morgan fingerprint density at radius 2 is 1.46 bits per heavy atom. The second kappa shape index (κ2) is 10.7. The summed E-state index contributed by atoms with van der Waals surface area (Å²) in [5, 5.41) is 4.26. The molecule has 1 aliphatic heterocycles. The Balaban J connectivity index is 1.50. The molecule has 0 atom stereocenters. The number of aryl methyl sites for hydroxylation is 2. The maximum absolute atomic E-state index is 14.0. The van der Waals surface area contributed by atoms with E-state index in [0.717, 1.165) is 39.6 Å². The summed E-state index contributed by atoms with van der Waals surface area (Å²) in [5.41, 5.74) is 3.60. The quantitative estimate of drug-likeness (QED) is 0.355. The summed E-state index contributed by atoms with van der Waals surface area (Å²) in [5.74, 6) is -1.71. The molecule has 202 valence electrons. The van der Waals surface area contributed by atoms with Gasteiger partial charge in [-0.3, -0.25) is 4.79 Å². The predicted octanol–water partition coefficient (Wildman–Crippen LogP) is 4.45. The number of piperazine rings is 1. The van der Waals surface area contributed by atoms with Crippen LogP contribution in [0.1, 0.15) is 16.7 Å². The number of rotatable bonds is 6. The molecule has 7 nitrogen and oxygen atoms in total. The lowest BCUT2D eigenvalue weighted by Crippen LogP contribution is -2.49. The van der Waals surface area contributed by atoms with Crippen molar-refractivity contribution >= 4 is 15.7 Å². The molecule has 1 aliphatic rings. The van der Waals surface area contributed by atoms with Crippen molar-refractivity contribution in [3.8, 4) is 16.8 Å². The molecule has 0 saturated carbocycles. The molecule has 0 bridgehead atoms. The number of benzene rings is 3. The van der Waals surface area contributed by atoms with Crippen molar-refractivity contribution in [1.29, 1.82) is 0 Å². The van der Waals surface area contributed by atoms with Crippen LogP contribution >= 0.6 is 0 Å². The molecule has 0 aliphatic carbocycles. The highest BCUT2D eigenvalue weighted by atomic mass is 32.2. The zero-order chi connectivity index (χ0) is 27.7. The van der Waals surface area contributed by atoms with Crippen LogP contribution in [0.5, 0.6) is 0 Å². The van der Waals surface area contributed by atoms with Gasteiger partial charge in [-0.15, -0.1) is 0 Å². The molecule has 4 aromatic rings. The number of hydrogen-bond donors (Lipinski definition) is 0. The zero-order valence-corrected chi connectivity index (χ0v) is 22.5. The van der Waals surface area contributed by atoms with Crippen LogP contribution in [0.4, 0.5) is 14.5 Å². The van der Waals surface area contributed by atoms with Gasteiger partial charge in [0.05, 0.1) is 28.9 Å². The van der Waals surface area contributed by atoms with Gasteiger partial charge in [0.2, 0.25) is 10.0 Å². The zero-order valence-electron chi connectivity index (χ0n) is 21.6. The fourth-order valence-corrected chi connectivity index (χ4v) is 6.52.